The highest BCUT2D eigenvalue weighted by Gasteiger charge is 2.16. The molecule has 0 aromatic heterocycles. The van der Waals surface area contributed by atoms with Crippen molar-refractivity contribution in [2.45, 2.75) is 6.92 Å². The molecule has 4 nitrogen and oxygen atoms in total. The normalized spacial score (nSPS) is 16.5. The molecule has 0 saturated carbocycles. The van der Waals surface area contributed by atoms with Gasteiger partial charge in [-0.1, -0.05) is 18.2 Å². The molecule has 0 aliphatic carbocycles. The monoisotopic (exact) mass is 231 g/mol. The van der Waals surface area contributed by atoms with E-state index in [0.717, 1.165) is 5.56 Å². The van der Waals surface area contributed by atoms with Gasteiger partial charge in [-0.15, -0.1) is 0 Å². The number of carbonyl (C=O) groups is 1. The van der Waals surface area contributed by atoms with Crippen molar-refractivity contribution in [1.82, 2.24) is 0 Å². The molecule has 0 radical (unpaired) electrons. The highest BCUT2D eigenvalue weighted by atomic mass is 16.5. The molecule has 0 unspecified atom stereocenters. The maximum atomic E-state index is 11.2. The summed E-state index contributed by atoms with van der Waals surface area (Å²) in [5.41, 5.74) is 0.903. The van der Waals surface area contributed by atoms with Crippen LogP contribution in [0.3, 0.4) is 0 Å². The molecule has 1 aliphatic rings. The zero-order valence-electron chi connectivity index (χ0n) is 9.55. The maximum Gasteiger partial charge on any atom is 0.334 e. The van der Waals surface area contributed by atoms with Crippen molar-refractivity contribution in [3.05, 3.63) is 47.7 Å². The second-order valence-corrected chi connectivity index (χ2v) is 3.45. The molecule has 17 heavy (non-hydrogen) atoms. The second-order valence-electron chi connectivity index (χ2n) is 3.45. The summed E-state index contributed by atoms with van der Waals surface area (Å²) in [4.78, 5) is 15.4. The summed E-state index contributed by atoms with van der Waals surface area (Å²) in [7, 11) is 0. The Hall–Kier alpha value is -2.10. The van der Waals surface area contributed by atoms with Crippen LogP contribution in [0.2, 0.25) is 0 Å². The molecule has 1 aromatic carbocycles. The summed E-state index contributed by atoms with van der Waals surface area (Å²) in [5.74, 6) is 0.662. The van der Waals surface area contributed by atoms with E-state index in [1.54, 1.807) is 6.92 Å². The van der Waals surface area contributed by atoms with Gasteiger partial charge in [0.05, 0.1) is 12.7 Å². The van der Waals surface area contributed by atoms with Crippen LogP contribution in [0.15, 0.2) is 47.2 Å². The fraction of sp³-hybridized carbons (Fsp3) is 0.231. The first-order valence-corrected chi connectivity index (χ1v) is 5.44. The van der Waals surface area contributed by atoms with Crippen LogP contribution in [-0.4, -0.2) is 25.0 Å². The number of hydrogen-bond acceptors (Lipinski definition) is 4. The molecular formula is C13H13NO3. The Labute approximate surface area is 99.6 Å². The van der Waals surface area contributed by atoms with E-state index in [1.807, 2.05) is 30.3 Å². The molecule has 0 saturated heterocycles. The van der Waals surface area contributed by atoms with Crippen molar-refractivity contribution >= 4 is 11.9 Å². The average Bonchev–Trinajstić information content (AvgIpc) is 2.79. The van der Waals surface area contributed by atoms with Gasteiger partial charge in [0.1, 0.15) is 12.3 Å². The van der Waals surface area contributed by atoms with E-state index in [0.29, 0.717) is 24.8 Å². The quantitative estimate of drug-likeness (QED) is 0.589. The molecule has 2 rings (SSSR count). The molecule has 4 heteroatoms. The third-order valence-electron chi connectivity index (χ3n) is 2.19. The standard InChI is InChI=1S/C13H13NO3/c1-2-16-12(15)8-11-9-14-13(17-11)10-6-4-3-5-7-10/h3-8H,2,9H2,1H3/b11-8+. The van der Waals surface area contributed by atoms with Crippen molar-refractivity contribution < 1.29 is 14.3 Å². The summed E-state index contributed by atoms with van der Waals surface area (Å²) in [6.45, 7) is 2.50. The first-order chi connectivity index (χ1) is 8.29. The van der Waals surface area contributed by atoms with Crippen LogP contribution in [0.1, 0.15) is 12.5 Å². The highest BCUT2D eigenvalue weighted by Crippen LogP contribution is 2.14. The van der Waals surface area contributed by atoms with Crippen molar-refractivity contribution in [1.29, 1.82) is 0 Å². The Morgan fingerprint density at radius 1 is 1.47 bits per heavy atom. The Morgan fingerprint density at radius 2 is 2.24 bits per heavy atom. The number of esters is 1. The summed E-state index contributed by atoms with van der Waals surface area (Å²) < 4.78 is 10.3. The predicted molar refractivity (Wildman–Crippen MR) is 63.6 cm³/mol. The lowest BCUT2D eigenvalue weighted by Crippen LogP contribution is -2.04. The number of ether oxygens (including phenoxy) is 2. The third kappa shape index (κ3) is 2.93. The van der Waals surface area contributed by atoms with Gasteiger partial charge in [0.25, 0.3) is 0 Å². The van der Waals surface area contributed by atoms with E-state index in [-0.39, 0.29) is 0 Å². The SMILES string of the molecule is CCOC(=O)/C=C1\CN=C(c2ccccc2)O1. The number of hydrogen-bond donors (Lipinski definition) is 0. The van der Waals surface area contributed by atoms with Gasteiger partial charge >= 0.3 is 5.97 Å². The molecular weight excluding hydrogens is 218 g/mol. The summed E-state index contributed by atoms with van der Waals surface area (Å²) in [5, 5.41) is 0. The lowest BCUT2D eigenvalue weighted by atomic mass is 10.2. The lowest BCUT2D eigenvalue weighted by molar-refractivity contribution is -0.137. The van der Waals surface area contributed by atoms with Crippen LogP contribution >= 0.6 is 0 Å². The van der Waals surface area contributed by atoms with Gasteiger partial charge in [-0.2, -0.15) is 0 Å². The second kappa shape index (κ2) is 5.30. The predicted octanol–water partition coefficient (Wildman–Crippen LogP) is 1.91. The van der Waals surface area contributed by atoms with Crippen LogP contribution < -0.4 is 0 Å². The molecule has 0 amide bonds. The Balaban J connectivity index is 2.02. The number of carbonyl (C=O) groups excluding carboxylic acids is 1. The summed E-state index contributed by atoms with van der Waals surface area (Å²) >= 11 is 0. The van der Waals surface area contributed by atoms with E-state index in [9.17, 15) is 4.79 Å². The minimum absolute atomic E-state index is 0.356. The van der Waals surface area contributed by atoms with Crippen LogP contribution in [-0.2, 0) is 14.3 Å². The largest absolute Gasteiger partial charge is 0.463 e. The van der Waals surface area contributed by atoms with Crippen LogP contribution in [0.25, 0.3) is 0 Å². The van der Waals surface area contributed by atoms with Gasteiger partial charge in [0.15, 0.2) is 0 Å². The van der Waals surface area contributed by atoms with Gasteiger partial charge in [-0.3, -0.25) is 0 Å². The van der Waals surface area contributed by atoms with Crippen LogP contribution in [0.4, 0.5) is 0 Å². The first-order valence-electron chi connectivity index (χ1n) is 5.44. The van der Waals surface area contributed by atoms with Gasteiger partial charge in [-0.25, -0.2) is 9.79 Å². The molecule has 0 N–H and O–H groups in total. The molecule has 1 aliphatic heterocycles. The molecule has 88 valence electrons. The summed E-state index contributed by atoms with van der Waals surface area (Å²) in [6.07, 6.45) is 1.34. The molecule has 1 heterocycles. The zero-order chi connectivity index (χ0) is 12.1. The topological polar surface area (TPSA) is 47.9 Å². The van der Waals surface area contributed by atoms with E-state index in [2.05, 4.69) is 4.99 Å². The Morgan fingerprint density at radius 3 is 2.94 bits per heavy atom. The number of nitrogens with zero attached hydrogens (tertiary/aromatic N) is 1. The first kappa shape index (κ1) is 11.4. The van der Waals surface area contributed by atoms with Crippen molar-refractivity contribution in [3.63, 3.8) is 0 Å². The highest BCUT2D eigenvalue weighted by molar-refractivity contribution is 5.96. The fourth-order valence-electron chi connectivity index (χ4n) is 1.46. The molecule has 0 atom stereocenters. The smallest absolute Gasteiger partial charge is 0.334 e. The van der Waals surface area contributed by atoms with Gasteiger partial charge in [0.2, 0.25) is 5.90 Å². The van der Waals surface area contributed by atoms with Gasteiger partial charge in [-0.05, 0) is 19.1 Å². The van der Waals surface area contributed by atoms with E-state index in [4.69, 9.17) is 9.47 Å². The van der Waals surface area contributed by atoms with Crippen LogP contribution in [0, 0.1) is 0 Å². The Kier molecular flexibility index (Phi) is 3.55. The molecule has 1 aromatic rings. The van der Waals surface area contributed by atoms with Crippen molar-refractivity contribution in [2.75, 3.05) is 13.2 Å². The number of rotatable bonds is 3. The van der Waals surface area contributed by atoms with Crippen LogP contribution in [0.5, 0.6) is 0 Å². The van der Waals surface area contributed by atoms with E-state index >= 15 is 0 Å². The zero-order valence-corrected chi connectivity index (χ0v) is 9.55. The van der Waals surface area contributed by atoms with Crippen molar-refractivity contribution in [3.8, 4) is 0 Å². The maximum absolute atomic E-state index is 11.2. The van der Waals surface area contributed by atoms with E-state index < -0.39 is 5.97 Å². The molecule has 0 fully saturated rings. The van der Waals surface area contributed by atoms with Gasteiger partial charge in [0, 0.05) is 5.56 Å². The molecule has 0 bridgehead atoms. The van der Waals surface area contributed by atoms with Crippen molar-refractivity contribution in [2.24, 2.45) is 4.99 Å². The minimum Gasteiger partial charge on any atom is -0.463 e. The fourth-order valence-corrected chi connectivity index (χ4v) is 1.46. The lowest BCUT2D eigenvalue weighted by Gasteiger charge is -2.02. The third-order valence-corrected chi connectivity index (χ3v) is 2.19. The van der Waals surface area contributed by atoms with Gasteiger partial charge < -0.3 is 9.47 Å². The van der Waals surface area contributed by atoms with E-state index in [1.165, 1.54) is 6.08 Å². The number of aliphatic imine (C=N–C) groups is 1. The Bertz CT molecular complexity index is 463. The number of benzene rings is 1. The minimum atomic E-state index is -0.396. The molecule has 0 spiro atoms. The average molecular weight is 231 g/mol. The summed E-state index contributed by atoms with van der Waals surface area (Å²) in [6, 6.07) is 9.56.